The van der Waals surface area contributed by atoms with E-state index in [-0.39, 0.29) is 30.2 Å². The number of nitrogens with two attached hydrogens (primary N) is 1. The van der Waals surface area contributed by atoms with Gasteiger partial charge in [-0.3, -0.25) is 9.59 Å². The number of anilines is 1. The number of methoxy groups -OCH3 is 1. The fourth-order valence-corrected chi connectivity index (χ4v) is 3.78. The quantitative estimate of drug-likeness (QED) is 0.851. The number of nitrogens with zero attached hydrogens (tertiary/aromatic N) is 1. The number of carbonyl (C=O) groups is 2. The maximum absolute atomic E-state index is 12.6. The van der Waals surface area contributed by atoms with Gasteiger partial charge in [-0.1, -0.05) is 18.6 Å². The van der Waals surface area contributed by atoms with Crippen LogP contribution in [0.25, 0.3) is 0 Å². The molecule has 6 nitrogen and oxygen atoms in total. The molecule has 130 valence electrons. The highest BCUT2D eigenvalue weighted by Gasteiger charge is 2.38. The Hall–Kier alpha value is -2.08. The summed E-state index contributed by atoms with van der Waals surface area (Å²) in [7, 11) is 1.58. The molecular weight excluding hydrogens is 306 g/mol. The van der Waals surface area contributed by atoms with E-state index in [1.54, 1.807) is 12.0 Å². The van der Waals surface area contributed by atoms with E-state index in [4.69, 9.17) is 10.5 Å². The Morgan fingerprint density at radius 2 is 2.17 bits per heavy atom. The lowest BCUT2D eigenvalue weighted by Crippen LogP contribution is -2.43. The summed E-state index contributed by atoms with van der Waals surface area (Å²) in [5.74, 6) is 0.608. The van der Waals surface area contributed by atoms with Gasteiger partial charge in [0, 0.05) is 19.0 Å². The number of hydrogen-bond donors (Lipinski definition) is 2. The molecule has 1 heterocycles. The lowest BCUT2D eigenvalue weighted by atomic mass is 10.0. The summed E-state index contributed by atoms with van der Waals surface area (Å²) >= 11 is 0. The van der Waals surface area contributed by atoms with Crippen molar-refractivity contribution in [3.8, 4) is 5.75 Å². The standard InChI is InChI=1S/C18H25N3O3/c1-24-16-8-3-2-7-15(16)21-11-13(9-17(21)22)18(23)20-14-6-4-5-12(14)10-19/h2-3,7-8,12-14H,4-6,9-11,19H2,1H3,(H,20,23). The van der Waals surface area contributed by atoms with Crippen molar-refractivity contribution in [2.24, 2.45) is 17.6 Å². The Morgan fingerprint density at radius 1 is 1.38 bits per heavy atom. The second-order valence-electron chi connectivity index (χ2n) is 6.62. The first kappa shape index (κ1) is 16.8. The first-order valence-corrected chi connectivity index (χ1v) is 8.58. The van der Waals surface area contributed by atoms with Crippen LogP contribution in [0.1, 0.15) is 25.7 Å². The predicted octanol–water partition coefficient (Wildman–Crippen LogP) is 1.29. The van der Waals surface area contributed by atoms with Crippen LogP contribution in [0.4, 0.5) is 5.69 Å². The molecule has 2 amide bonds. The van der Waals surface area contributed by atoms with Gasteiger partial charge in [-0.05, 0) is 37.4 Å². The van der Waals surface area contributed by atoms with Crippen molar-refractivity contribution in [2.75, 3.05) is 25.1 Å². The molecule has 2 fully saturated rings. The summed E-state index contributed by atoms with van der Waals surface area (Å²) < 4.78 is 5.33. The highest BCUT2D eigenvalue weighted by atomic mass is 16.5. The van der Waals surface area contributed by atoms with Crippen LogP contribution in [0.2, 0.25) is 0 Å². The van der Waals surface area contributed by atoms with Gasteiger partial charge in [-0.15, -0.1) is 0 Å². The molecule has 1 aromatic carbocycles. The van der Waals surface area contributed by atoms with Gasteiger partial charge in [0.05, 0.1) is 18.7 Å². The van der Waals surface area contributed by atoms with Crippen LogP contribution in [-0.2, 0) is 9.59 Å². The van der Waals surface area contributed by atoms with Crippen LogP contribution in [0.15, 0.2) is 24.3 Å². The van der Waals surface area contributed by atoms with Crippen LogP contribution >= 0.6 is 0 Å². The maximum atomic E-state index is 12.6. The van der Waals surface area contributed by atoms with E-state index < -0.39 is 0 Å². The molecule has 3 unspecified atom stereocenters. The lowest BCUT2D eigenvalue weighted by Gasteiger charge is -2.22. The van der Waals surface area contributed by atoms with Gasteiger partial charge >= 0.3 is 0 Å². The van der Waals surface area contributed by atoms with Gasteiger partial charge in [0.25, 0.3) is 0 Å². The molecule has 3 rings (SSSR count). The number of hydrogen-bond acceptors (Lipinski definition) is 4. The average molecular weight is 331 g/mol. The summed E-state index contributed by atoms with van der Waals surface area (Å²) in [5.41, 5.74) is 6.50. The fraction of sp³-hybridized carbons (Fsp3) is 0.556. The van der Waals surface area contributed by atoms with Crippen molar-refractivity contribution in [3.63, 3.8) is 0 Å². The minimum absolute atomic E-state index is 0.0360. The lowest BCUT2D eigenvalue weighted by molar-refractivity contribution is -0.127. The van der Waals surface area contributed by atoms with Crippen LogP contribution in [0.3, 0.4) is 0 Å². The van der Waals surface area contributed by atoms with Crippen LogP contribution in [0, 0.1) is 11.8 Å². The average Bonchev–Trinajstić information content (AvgIpc) is 3.21. The van der Waals surface area contributed by atoms with Gasteiger partial charge < -0.3 is 20.7 Å². The van der Waals surface area contributed by atoms with E-state index in [2.05, 4.69) is 5.32 Å². The topological polar surface area (TPSA) is 84.7 Å². The minimum atomic E-state index is -0.318. The largest absolute Gasteiger partial charge is 0.495 e. The van der Waals surface area contributed by atoms with Gasteiger partial charge in [0.1, 0.15) is 5.75 Å². The monoisotopic (exact) mass is 331 g/mol. The summed E-state index contributed by atoms with van der Waals surface area (Å²) in [6.07, 6.45) is 3.39. The zero-order valence-electron chi connectivity index (χ0n) is 14.0. The number of amides is 2. The summed E-state index contributed by atoms with van der Waals surface area (Å²) in [6, 6.07) is 7.54. The third-order valence-electron chi connectivity index (χ3n) is 5.16. The number of para-hydroxylation sites is 2. The van der Waals surface area contributed by atoms with Crippen molar-refractivity contribution in [2.45, 2.75) is 31.7 Å². The van der Waals surface area contributed by atoms with E-state index in [1.165, 1.54) is 0 Å². The van der Waals surface area contributed by atoms with E-state index in [0.29, 0.717) is 24.8 Å². The van der Waals surface area contributed by atoms with Gasteiger partial charge in [0.15, 0.2) is 0 Å². The van der Waals surface area contributed by atoms with E-state index in [9.17, 15) is 9.59 Å². The molecule has 2 aliphatic rings. The third-order valence-corrected chi connectivity index (χ3v) is 5.16. The zero-order chi connectivity index (χ0) is 17.1. The van der Waals surface area contributed by atoms with Crippen molar-refractivity contribution in [1.29, 1.82) is 0 Å². The molecule has 1 aliphatic heterocycles. The van der Waals surface area contributed by atoms with Crippen molar-refractivity contribution < 1.29 is 14.3 Å². The Balaban J connectivity index is 1.67. The van der Waals surface area contributed by atoms with Crippen LogP contribution < -0.4 is 20.7 Å². The number of nitrogens with one attached hydrogen (secondary N) is 1. The minimum Gasteiger partial charge on any atom is -0.495 e. The molecule has 0 bridgehead atoms. The molecule has 24 heavy (non-hydrogen) atoms. The molecule has 0 spiro atoms. The Labute approximate surface area is 142 Å². The summed E-state index contributed by atoms with van der Waals surface area (Å²) in [5, 5.41) is 3.11. The second kappa shape index (κ2) is 7.21. The van der Waals surface area contributed by atoms with E-state index >= 15 is 0 Å². The molecule has 0 aromatic heterocycles. The molecule has 0 radical (unpaired) electrons. The Kier molecular flexibility index (Phi) is 5.04. The van der Waals surface area contributed by atoms with Crippen molar-refractivity contribution in [3.05, 3.63) is 24.3 Å². The molecule has 1 aliphatic carbocycles. The third kappa shape index (κ3) is 3.24. The normalized spacial score (nSPS) is 26.7. The fourth-order valence-electron chi connectivity index (χ4n) is 3.78. The molecule has 1 saturated heterocycles. The molecular formula is C18H25N3O3. The second-order valence-corrected chi connectivity index (χ2v) is 6.62. The van der Waals surface area contributed by atoms with Crippen LogP contribution in [0.5, 0.6) is 5.75 Å². The van der Waals surface area contributed by atoms with Crippen molar-refractivity contribution >= 4 is 17.5 Å². The number of rotatable bonds is 5. The van der Waals surface area contributed by atoms with Gasteiger partial charge in [0.2, 0.25) is 11.8 Å². The van der Waals surface area contributed by atoms with Crippen LogP contribution in [-0.4, -0.2) is 38.1 Å². The van der Waals surface area contributed by atoms with Gasteiger partial charge in [-0.25, -0.2) is 0 Å². The van der Waals surface area contributed by atoms with Crippen molar-refractivity contribution in [1.82, 2.24) is 5.32 Å². The number of benzene rings is 1. The highest BCUT2D eigenvalue weighted by molar-refractivity contribution is 6.01. The van der Waals surface area contributed by atoms with E-state index in [0.717, 1.165) is 24.9 Å². The van der Waals surface area contributed by atoms with Gasteiger partial charge in [-0.2, -0.15) is 0 Å². The molecule has 3 atom stereocenters. The SMILES string of the molecule is COc1ccccc1N1CC(C(=O)NC2CCCC2CN)CC1=O. The molecule has 3 N–H and O–H groups in total. The Bertz CT molecular complexity index is 619. The zero-order valence-corrected chi connectivity index (χ0v) is 14.0. The molecule has 1 saturated carbocycles. The first-order valence-electron chi connectivity index (χ1n) is 8.58. The molecule has 1 aromatic rings. The maximum Gasteiger partial charge on any atom is 0.227 e. The Morgan fingerprint density at radius 3 is 2.92 bits per heavy atom. The number of carbonyl (C=O) groups excluding carboxylic acids is 2. The summed E-state index contributed by atoms with van der Waals surface area (Å²) in [4.78, 5) is 26.6. The number of ether oxygens (including phenoxy) is 1. The highest BCUT2D eigenvalue weighted by Crippen LogP contribution is 2.33. The first-order chi connectivity index (χ1) is 11.6. The predicted molar refractivity (Wildman–Crippen MR) is 91.8 cm³/mol. The molecule has 6 heteroatoms. The summed E-state index contributed by atoms with van der Waals surface area (Å²) in [6.45, 7) is 0.993. The van der Waals surface area contributed by atoms with E-state index in [1.807, 2.05) is 24.3 Å². The smallest absolute Gasteiger partial charge is 0.227 e.